The molecule has 5 nitrogen and oxygen atoms in total. The van der Waals surface area contributed by atoms with Crippen LogP contribution in [0.15, 0.2) is 12.1 Å². The number of carboxylic acid groups (broad SMARTS) is 1. The Bertz CT molecular complexity index is 400. The Hall–Kier alpha value is -1.59. The number of aryl methyl sites for hydroxylation is 2. The number of benzene rings is 1. The third-order valence-corrected chi connectivity index (χ3v) is 2.63. The molecule has 5 heteroatoms. The number of carbonyl (C=O) groups is 1. The molecule has 1 atom stereocenters. The van der Waals surface area contributed by atoms with Gasteiger partial charge in [0, 0.05) is 13.1 Å². The molecule has 0 aliphatic heterocycles. The molecular weight excluding hydrogens is 246 g/mol. The summed E-state index contributed by atoms with van der Waals surface area (Å²) in [6.45, 7) is 4.67. The molecule has 0 heterocycles. The molecule has 0 saturated carbocycles. The third kappa shape index (κ3) is 5.72. The van der Waals surface area contributed by atoms with Crippen molar-refractivity contribution in [2.45, 2.75) is 26.4 Å². The first kappa shape index (κ1) is 15.5. The molecule has 1 aromatic carbocycles. The maximum atomic E-state index is 10.3. The van der Waals surface area contributed by atoms with Gasteiger partial charge in [0.2, 0.25) is 0 Å². The van der Waals surface area contributed by atoms with Gasteiger partial charge in [-0.1, -0.05) is 0 Å². The SMILES string of the molecule is Cc1c[c]cc(C)c1OCC(O)CNCCC(=O)O. The van der Waals surface area contributed by atoms with E-state index >= 15 is 0 Å². The molecule has 0 amide bonds. The number of hydrogen-bond donors (Lipinski definition) is 3. The third-order valence-electron chi connectivity index (χ3n) is 2.63. The number of hydrogen-bond acceptors (Lipinski definition) is 4. The summed E-state index contributed by atoms with van der Waals surface area (Å²) in [7, 11) is 0. The van der Waals surface area contributed by atoms with Gasteiger partial charge in [-0.2, -0.15) is 0 Å². The van der Waals surface area contributed by atoms with Crippen molar-refractivity contribution in [1.29, 1.82) is 0 Å². The second-order valence-electron chi connectivity index (χ2n) is 4.46. The van der Waals surface area contributed by atoms with Crippen molar-refractivity contribution in [2.75, 3.05) is 19.7 Å². The van der Waals surface area contributed by atoms with Crippen molar-refractivity contribution in [1.82, 2.24) is 5.32 Å². The van der Waals surface area contributed by atoms with Crippen molar-refractivity contribution in [3.05, 3.63) is 29.3 Å². The molecule has 0 aliphatic carbocycles. The van der Waals surface area contributed by atoms with Crippen LogP contribution in [-0.2, 0) is 4.79 Å². The first-order chi connectivity index (χ1) is 9.00. The predicted molar refractivity (Wildman–Crippen MR) is 71.4 cm³/mol. The highest BCUT2D eigenvalue weighted by Crippen LogP contribution is 2.21. The van der Waals surface area contributed by atoms with Crippen LogP contribution in [0.3, 0.4) is 0 Å². The van der Waals surface area contributed by atoms with Gasteiger partial charge in [-0.15, -0.1) is 0 Å². The molecule has 1 radical (unpaired) electrons. The topological polar surface area (TPSA) is 78.8 Å². The fraction of sp³-hybridized carbons (Fsp3) is 0.500. The van der Waals surface area contributed by atoms with Crippen LogP contribution in [0.5, 0.6) is 5.75 Å². The zero-order valence-electron chi connectivity index (χ0n) is 11.3. The number of aliphatic carboxylic acids is 1. The fourth-order valence-electron chi connectivity index (χ4n) is 1.66. The summed E-state index contributed by atoms with van der Waals surface area (Å²) in [6, 6.07) is 6.67. The maximum Gasteiger partial charge on any atom is 0.304 e. The highest BCUT2D eigenvalue weighted by molar-refractivity contribution is 5.66. The van der Waals surface area contributed by atoms with Crippen molar-refractivity contribution in [3.63, 3.8) is 0 Å². The average molecular weight is 266 g/mol. The molecule has 0 aliphatic rings. The lowest BCUT2D eigenvalue weighted by molar-refractivity contribution is -0.136. The lowest BCUT2D eigenvalue weighted by Crippen LogP contribution is -2.32. The summed E-state index contributed by atoms with van der Waals surface area (Å²) in [5.41, 5.74) is 1.96. The molecule has 0 spiro atoms. The van der Waals surface area contributed by atoms with Crippen LogP contribution in [-0.4, -0.2) is 42.0 Å². The van der Waals surface area contributed by atoms with Crippen LogP contribution in [0, 0.1) is 19.9 Å². The number of carboxylic acids is 1. The van der Waals surface area contributed by atoms with Gasteiger partial charge in [0.15, 0.2) is 0 Å². The maximum absolute atomic E-state index is 10.3. The highest BCUT2D eigenvalue weighted by Gasteiger charge is 2.08. The van der Waals surface area contributed by atoms with E-state index < -0.39 is 12.1 Å². The molecule has 1 unspecified atom stereocenters. The largest absolute Gasteiger partial charge is 0.490 e. The van der Waals surface area contributed by atoms with Crippen molar-refractivity contribution < 1.29 is 19.7 Å². The van der Waals surface area contributed by atoms with E-state index in [9.17, 15) is 9.90 Å². The first-order valence-corrected chi connectivity index (χ1v) is 6.21. The minimum Gasteiger partial charge on any atom is -0.490 e. The fourth-order valence-corrected chi connectivity index (χ4v) is 1.66. The van der Waals surface area contributed by atoms with Crippen LogP contribution >= 0.6 is 0 Å². The Labute approximate surface area is 113 Å². The molecule has 0 fully saturated rings. The average Bonchev–Trinajstić information content (AvgIpc) is 2.34. The second-order valence-corrected chi connectivity index (χ2v) is 4.46. The molecular formula is C14H20NO4. The van der Waals surface area contributed by atoms with Crippen LogP contribution in [0.4, 0.5) is 0 Å². The number of rotatable bonds is 8. The van der Waals surface area contributed by atoms with E-state index in [2.05, 4.69) is 11.4 Å². The highest BCUT2D eigenvalue weighted by atomic mass is 16.5. The Kier molecular flexibility index (Phi) is 6.32. The van der Waals surface area contributed by atoms with Crippen LogP contribution in [0.2, 0.25) is 0 Å². The lowest BCUT2D eigenvalue weighted by Gasteiger charge is -2.15. The molecule has 1 aromatic rings. The van der Waals surface area contributed by atoms with E-state index in [0.29, 0.717) is 13.1 Å². The van der Waals surface area contributed by atoms with Crippen molar-refractivity contribution >= 4 is 5.97 Å². The number of aliphatic hydroxyl groups excluding tert-OH is 1. The Morgan fingerprint density at radius 3 is 2.63 bits per heavy atom. The number of nitrogens with one attached hydrogen (secondary N) is 1. The molecule has 0 bridgehead atoms. The zero-order chi connectivity index (χ0) is 14.3. The zero-order valence-corrected chi connectivity index (χ0v) is 11.3. The van der Waals surface area contributed by atoms with Gasteiger partial charge in [0.05, 0.1) is 6.42 Å². The van der Waals surface area contributed by atoms with Gasteiger partial charge in [-0.05, 0) is 43.2 Å². The van der Waals surface area contributed by atoms with Gasteiger partial charge in [-0.25, -0.2) is 0 Å². The molecule has 0 saturated heterocycles. The summed E-state index contributed by atoms with van der Waals surface area (Å²) in [4.78, 5) is 10.3. The van der Waals surface area contributed by atoms with Crippen molar-refractivity contribution in [2.24, 2.45) is 0 Å². The van der Waals surface area contributed by atoms with Crippen LogP contribution in [0.1, 0.15) is 17.5 Å². The molecule has 0 aromatic heterocycles. The van der Waals surface area contributed by atoms with E-state index in [1.54, 1.807) is 0 Å². The Morgan fingerprint density at radius 2 is 2.05 bits per heavy atom. The summed E-state index contributed by atoms with van der Waals surface area (Å²) in [6.07, 6.45) is -0.628. The van der Waals surface area contributed by atoms with Crippen molar-refractivity contribution in [3.8, 4) is 5.75 Å². The summed E-state index contributed by atoms with van der Waals surface area (Å²) in [5.74, 6) is -0.0895. The van der Waals surface area contributed by atoms with Gasteiger partial charge < -0.3 is 20.3 Å². The Balaban J connectivity index is 2.30. The van der Waals surface area contributed by atoms with Gasteiger partial charge in [0.25, 0.3) is 0 Å². The molecule has 105 valence electrons. The van der Waals surface area contributed by atoms with E-state index in [0.717, 1.165) is 16.9 Å². The minimum absolute atomic E-state index is 0.0420. The molecule has 3 N–H and O–H groups in total. The smallest absolute Gasteiger partial charge is 0.304 e. The summed E-state index contributed by atoms with van der Waals surface area (Å²) >= 11 is 0. The van der Waals surface area contributed by atoms with E-state index in [1.807, 2.05) is 26.0 Å². The van der Waals surface area contributed by atoms with Gasteiger partial charge in [0.1, 0.15) is 18.5 Å². The second kappa shape index (κ2) is 7.76. The van der Waals surface area contributed by atoms with E-state index in [-0.39, 0.29) is 13.0 Å². The molecule has 19 heavy (non-hydrogen) atoms. The summed E-state index contributed by atoms with van der Waals surface area (Å²) in [5, 5.41) is 21.0. The normalized spacial score (nSPS) is 12.2. The van der Waals surface area contributed by atoms with Crippen LogP contribution in [0.25, 0.3) is 0 Å². The Morgan fingerprint density at radius 1 is 1.42 bits per heavy atom. The first-order valence-electron chi connectivity index (χ1n) is 6.21. The number of aliphatic hydroxyl groups is 1. The standard InChI is InChI=1S/C14H20NO4/c1-10-4-3-5-11(2)14(10)19-9-12(16)8-15-7-6-13(17)18/h4-5,12,15-16H,6-9H2,1-2H3,(H,17,18). The van der Waals surface area contributed by atoms with Crippen LogP contribution < -0.4 is 10.1 Å². The minimum atomic E-state index is -0.856. The quantitative estimate of drug-likeness (QED) is 0.609. The van der Waals surface area contributed by atoms with Gasteiger partial charge >= 0.3 is 5.97 Å². The van der Waals surface area contributed by atoms with E-state index in [1.165, 1.54) is 0 Å². The summed E-state index contributed by atoms with van der Waals surface area (Å²) < 4.78 is 5.58. The molecule has 1 rings (SSSR count). The number of ether oxygens (including phenoxy) is 1. The lowest BCUT2D eigenvalue weighted by atomic mass is 10.1. The van der Waals surface area contributed by atoms with E-state index in [4.69, 9.17) is 9.84 Å². The monoisotopic (exact) mass is 266 g/mol. The predicted octanol–water partition coefficient (Wildman–Crippen LogP) is 0.908. The van der Waals surface area contributed by atoms with Gasteiger partial charge in [-0.3, -0.25) is 4.79 Å².